The van der Waals surface area contributed by atoms with Crippen LogP contribution < -0.4 is 4.74 Å². The van der Waals surface area contributed by atoms with E-state index in [1.807, 2.05) is 0 Å². The fourth-order valence-electron chi connectivity index (χ4n) is 6.66. The van der Waals surface area contributed by atoms with Crippen molar-refractivity contribution >= 4 is 0 Å². The van der Waals surface area contributed by atoms with Gasteiger partial charge in [-0.15, -0.1) is 0 Å². The van der Waals surface area contributed by atoms with Crippen molar-refractivity contribution in [1.29, 1.82) is 0 Å². The topological polar surface area (TPSA) is 22.1 Å². The number of benzene rings is 1. The van der Waals surface area contributed by atoms with Gasteiger partial charge in [-0.3, -0.25) is 0 Å². The lowest BCUT2D eigenvalue weighted by Gasteiger charge is -2.31. The maximum atomic E-state index is 6.42. The van der Waals surface area contributed by atoms with Crippen LogP contribution in [0, 0.1) is 0 Å². The standard InChI is InChI=1S/C42H75N3O/c1-7-9-11-13-15-17-19-21-23-28-34-44(3,4)36-40-32-33-42(46-38-39-30-26-25-27-31-39)41(43-40)37-45(5,6)35-29-24-22-20-18-16-14-12-10-8-2/h25-27,30-33H,7-24,28-29,34-38H2,1-6H3/q+2. The fourth-order valence-corrected chi connectivity index (χ4v) is 6.66. The molecule has 0 saturated heterocycles. The molecule has 262 valence electrons. The third-order valence-corrected chi connectivity index (χ3v) is 9.63. The summed E-state index contributed by atoms with van der Waals surface area (Å²) in [5.41, 5.74) is 3.51. The predicted molar refractivity (Wildman–Crippen MR) is 200 cm³/mol. The lowest BCUT2D eigenvalue weighted by molar-refractivity contribution is -0.905. The number of unbranched alkanes of at least 4 members (excludes halogenated alkanes) is 18. The summed E-state index contributed by atoms with van der Waals surface area (Å²) >= 11 is 0. The Bertz CT molecular complexity index is 1000. The van der Waals surface area contributed by atoms with E-state index in [0.29, 0.717) is 6.61 Å². The molecule has 0 radical (unpaired) electrons. The Morgan fingerprint density at radius 2 is 0.935 bits per heavy atom. The summed E-state index contributed by atoms with van der Waals surface area (Å²) in [5.74, 6) is 0.946. The molecule has 0 saturated carbocycles. The number of pyridine rings is 1. The maximum Gasteiger partial charge on any atom is 0.147 e. The van der Waals surface area contributed by atoms with Crippen molar-refractivity contribution in [3.8, 4) is 5.75 Å². The third kappa shape index (κ3) is 19.7. The zero-order valence-electron chi connectivity index (χ0n) is 31.5. The summed E-state index contributed by atoms with van der Waals surface area (Å²) in [6.07, 6.45) is 27.7. The van der Waals surface area contributed by atoms with Gasteiger partial charge in [0.1, 0.15) is 31.1 Å². The molecule has 1 aromatic heterocycles. The van der Waals surface area contributed by atoms with Gasteiger partial charge in [0.05, 0.1) is 47.0 Å². The summed E-state index contributed by atoms with van der Waals surface area (Å²) < 4.78 is 8.36. The molecular formula is C42H75N3O+2. The third-order valence-electron chi connectivity index (χ3n) is 9.63. The molecule has 0 spiro atoms. The van der Waals surface area contributed by atoms with Gasteiger partial charge in [0.15, 0.2) is 0 Å². The molecule has 46 heavy (non-hydrogen) atoms. The second kappa shape index (κ2) is 24.3. The van der Waals surface area contributed by atoms with Gasteiger partial charge in [-0.2, -0.15) is 0 Å². The van der Waals surface area contributed by atoms with Gasteiger partial charge in [-0.1, -0.05) is 147 Å². The lowest BCUT2D eigenvalue weighted by atomic mass is 10.1. The van der Waals surface area contributed by atoms with Crippen molar-refractivity contribution in [3.63, 3.8) is 0 Å². The van der Waals surface area contributed by atoms with E-state index in [0.717, 1.165) is 33.5 Å². The van der Waals surface area contributed by atoms with Gasteiger partial charge < -0.3 is 13.7 Å². The van der Waals surface area contributed by atoms with Crippen LogP contribution >= 0.6 is 0 Å². The molecule has 0 amide bonds. The van der Waals surface area contributed by atoms with E-state index in [2.05, 4.69) is 84.5 Å². The molecule has 0 N–H and O–H groups in total. The van der Waals surface area contributed by atoms with E-state index in [1.54, 1.807) is 0 Å². The number of quaternary nitrogens is 2. The van der Waals surface area contributed by atoms with E-state index in [1.165, 1.54) is 153 Å². The van der Waals surface area contributed by atoms with Crippen LogP contribution in [0.3, 0.4) is 0 Å². The van der Waals surface area contributed by atoms with E-state index in [-0.39, 0.29) is 0 Å². The quantitative estimate of drug-likeness (QED) is 0.0654. The van der Waals surface area contributed by atoms with Crippen molar-refractivity contribution in [2.75, 3.05) is 41.3 Å². The maximum absolute atomic E-state index is 6.42. The second-order valence-corrected chi connectivity index (χ2v) is 15.5. The highest BCUT2D eigenvalue weighted by molar-refractivity contribution is 5.29. The monoisotopic (exact) mass is 638 g/mol. The summed E-state index contributed by atoms with van der Waals surface area (Å²) in [5, 5.41) is 0. The first-order valence-corrected chi connectivity index (χ1v) is 19.5. The molecule has 4 heteroatoms. The Morgan fingerprint density at radius 3 is 1.41 bits per heavy atom. The minimum atomic E-state index is 0.584. The molecule has 0 atom stereocenters. The van der Waals surface area contributed by atoms with Crippen LogP contribution in [-0.4, -0.2) is 55.2 Å². The molecule has 0 fully saturated rings. The predicted octanol–water partition coefficient (Wildman–Crippen LogP) is 11.7. The normalized spacial score (nSPS) is 12.1. The van der Waals surface area contributed by atoms with Gasteiger partial charge in [0, 0.05) is 0 Å². The van der Waals surface area contributed by atoms with Crippen molar-refractivity contribution in [1.82, 2.24) is 4.98 Å². The Hall–Kier alpha value is -1.91. The van der Waals surface area contributed by atoms with E-state index in [9.17, 15) is 0 Å². The van der Waals surface area contributed by atoms with Gasteiger partial charge in [0.2, 0.25) is 0 Å². The van der Waals surface area contributed by atoms with Crippen molar-refractivity contribution in [3.05, 3.63) is 59.4 Å². The van der Waals surface area contributed by atoms with Crippen LogP contribution in [0.5, 0.6) is 5.75 Å². The lowest BCUT2D eigenvalue weighted by Crippen LogP contribution is -2.41. The van der Waals surface area contributed by atoms with Gasteiger partial charge in [-0.05, 0) is 43.4 Å². The first-order valence-electron chi connectivity index (χ1n) is 19.5. The summed E-state index contributed by atoms with van der Waals surface area (Å²) in [4.78, 5) is 5.30. The van der Waals surface area contributed by atoms with Crippen molar-refractivity contribution in [2.45, 2.75) is 162 Å². The fraction of sp³-hybridized carbons (Fsp3) is 0.738. The summed E-state index contributed by atoms with van der Waals surface area (Å²) in [6, 6.07) is 14.9. The van der Waals surface area contributed by atoms with Crippen LogP contribution in [-0.2, 0) is 19.7 Å². The minimum absolute atomic E-state index is 0.584. The average molecular weight is 638 g/mol. The average Bonchev–Trinajstić information content (AvgIpc) is 3.02. The first kappa shape index (κ1) is 40.3. The number of rotatable bonds is 29. The molecular weight excluding hydrogens is 562 g/mol. The highest BCUT2D eigenvalue weighted by Gasteiger charge is 2.23. The van der Waals surface area contributed by atoms with Crippen LogP contribution in [0.1, 0.15) is 159 Å². The number of hydrogen-bond acceptors (Lipinski definition) is 2. The number of aromatic nitrogens is 1. The molecule has 2 aromatic rings. The van der Waals surface area contributed by atoms with Crippen LogP contribution in [0.25, 0.3) is 0 Å². The molecule has 0 bridgehead atoms. The zero-order valence-corrected chi connectivity index (χ0v) is 31.5. The summed E-state index contributed by atoms with van der Waals surface area (Å²) in [7, 11) is 9.49. The van der Waals surface area contributed by atoms with Crippen molar-refractivity contribution in [2.24, 2.45) is 0 Å². The van der Waals surface area contributed by atoms with E-state index >= 15 is 0 Å². The number of ether oxygens (including phenoxy) is 1. The Morgan fingerprint density at radius 1 is 0.500 bits per heavy atom. The summed E-state index contributed by atoms with van der Waals surface area (Å²) in [6.45, 7) is 9.44. The highest BCUT2D eigenvalue weighted by atomic mass is 16.5. The molecule has 0 aliphatic rings. The Balaban J connectivity index is 1.88. The number of hydrogen-bond donors (Lipinski definition) is 0. The van der Waals surface area contributed by atoms with Crippen LogP contribution in [0.4, 0.5) is 0 Å². The first-order chi connectivity index (χ1) is 22.2. The minimum Gasteiger partial charge on any atom is -0.487 e. The highest BCUT2D eigenvalue weighted by Crippen LogP contribution is 2.24. The van der Waals surface area contributed by atoms with Crippen molar-refractivity contribution < 1.29 is 13.7 Å². The largest absolute Gasteiger partial charge is 0.487 e. The zero-order chi connectivity index (χ0) is 33.4. The SMILES string of the molecule is CCCCCCCCCCCC[N+](C)(C)Cc1ccc(OCc2ccccc2)c(C[N+](C)(C)CCCCCCCCCCCC)n1. The number of nitrogens with zero attached hydrogens (tertiary/aromatic N) is 3. The molecule has 0 aliphatic heterocycles. The second-order valence-electron chi connectivity index (χ2n) is 15.5. The molecule has 4 nitrogen and oxygen atoms in total. The molecule has 0 unspecified atom stereocenters. The Labute approximate surface area is 286 Å². The van der Waals surface area contributed by atoms with Gasteiger partial charge in [-0.25, -0.2) is 4.98 Å². The Kier molecular flexibility index (Phi) is 21.2. The van der Waals surface area contributed by atoms with E-state index in [4.69, 9.17) is 9.72 Å². The van der Waals surface area contributed by atoms with Crippen LogP contribution in [0.15, 0.2) is 42.5 Å². The van der Waals surface area contributed by atoms with Gasteiger partial charge in [0.25, 0.3) is 0 Å². The molecule has 1 aromatic carbocycles. The van der Waals surface area contributed by atoms with Gasteiger partial charge >= 0.3 is 0 Å². The molecule has 1 heterocycles. The smallest absolute Gasteiger partial charge is 0.147 e. The van der Waals surface area contributed by atoms with E-state index < -0.39 is 0 Å². The van der Waals surface area contributed by atoms with Crippen LogP contribution in [0.2, 0.25) is 0 Å². The molecule has 2 rings (SSSR count). The molecule has 0 aliphatic carbocycles.